The fourth-order valence-electron chi connectivity index (χ4n) is 3.31. The minimum absolute atomic E-state index is 0.0221. The quantitative estimate of drug-likeness (QED) is 0.789. The predicted molar refractivity (Wildman–Crippen MR) is 91.6 cm³/mol. The number of carbonyl (C=O) groups is 1. The standard InChI is InChI=1S/C18H19N5O2/c1-18(6-2-3-7-18)15-12-16(22-25-15)21-17(24)14-11-13(5-9-19-14)23-10-4-8-20-23/h4-5,8-12H,2-3,6-7H2,1H3,(H,21,22,24). The molecule has 0 aliphatic heterocycles. The van der Waals surface area contributed by atoms with Gasteiger partial charge in [-0.05, 0) is 31.0 Å². The second-order valence-corrected chi connectivity index (χ2v) is 6.65. The number of nitrogens with one attached hydrogen (secondary N) is 1. The van der Waals surface area contributed by atoms with Crippen molar-refractivity contribution in [2.45, 2.75) is 38.0 Å². The summed E-state index contributed by atoms with van der Waals surface area (Å²) in [4.78, 5) is 16.6. The third-order valence-corrected chi connectivity index (χ3v) is 4.80. The summed E-state index contributed by atoms with van der Waals surface area (Å²) in [6.45, 7) is 2.18. The van der Waals surface area contributed by atoms with Crippen LogP contribution in [0.2, 0.25) is 0 Å². The van der Waals surface area contributed by atoms with Gasteiger partial charge in [0.05, 0.1) is 5.69 Å². The zero-order chi connectivity index (χ0) is 17.3. The smallest absolute Gasteiger partial charge is 0.275 e. The molecule has 1 N–H and O–H groups in total. The predicted octanol–water partition coefficient (Wildman–Crippen LogP) is 3.34. The second-order valence-electron chi connectivity index (χ2n) is 6.65. The van der Waals surface area contributed by atoms with Crippen LogP contribution in [-0.4, -0.2) is 25.8 Å². The highest BCUT2D eigenvalue weighted by Gasteiger charge is 2.34. The maximum atomic E-state index is 12.5. The maximum Gasteiger partial charge on any atom is 0.275 e. The van der Waals surface area contributed by atoms with Crippen molar-refractivity contribution in [3.63, 3.8) is 0 Å². The van der Waals surface area contributed by atoms with Crippen LogP contribution in [0.15, 0.2) is 47.4 Å². The molecule has 3 aromatic rings. The van der Waals surface area contributed by atoms with Gasteiger partial charge in [-0.15, -0.1) is 0 Å². The van der Waals surface area contributed by atoms with E-state index in [4.69, 9.17) is 4.52 Å². The molecule has 0 aromatic carbocycles. The van der Waals surface area contributed by atoms with Crippen LogP contribution in [0.3, 0.4) is 0 Å². The molecule has 0 spiro atoms. The van der Waals surface area contributed by atoms with Crippen molar-refractivity contribution in [1.29, 1.82) is 0 Å². The van der Waals surface area contributed by atoms with Crippen molar-refractivity contribution < 1.29 is 9.32 Å². The van der Waals surface area contributed by atoms with Crippen molar-refractivity contribution in [2.75, 3.05) is 5.32 Å². The van der Waals surface area contributed by atoms with Gasteiger partial charge in [-0.1, -0.05) is 24.9 Å². The Hall–Kier alpha value is -2.96. The first kappa shape index (κ1) is 15.6. The molecule has 128 valence electrons. The lowest BCUT2D eigenvalue weighted by Gasteiger charge is -2.18. The molecule has 3 heterocycles. The van der Waals surface area contributed by atoms with Crippen LogP contribution in [0.5, 0.6) is 0 Å². The van der Waals surface area contributed by atoms with E-state index in [1.807, 2.05) is 18.3 Å². The Morgan fingerprint density at radius 1 is 1.28 bits per heavy atom. The summed E-state index contributed by atoms with van der Waals surface area (Å²) in [5.41, 5.74) is 1.09. The van der Waals surface area contributed by atoms with E-state index in [9.17, 15) is 4.79 Å². The molecule has 0 radical (unpaired) electrons. The first-order valence-electron chi connectivity index (χ1n) is 8.39. The monoisotopic (exact) mass is 337 g/mol. The molecular formula is C18H19N5O2. The summed E-state index contributed by atoms with van der Waals surface area (Å²) < 4.78 is 7.15. The van der Waals surface area contributed by atoms with E-state index >= 15 is 0 Å². The summed E-state index contributed by atoms with van der Waals surface area (Å²) in [6.07, 6.45) is 9.64. The highest BCUT2D eigenvalue weighted by Crippen LogP contribution is 2.41. The number of aromatic nitrogens is 4. The zero-order valence-corrected chi connectivity index (χ0v) is 14.0. The molecule has 0 bridgehead atoms. The third kappa shape index (κ3) is 3.05. The molecule has 7 nitrogen and oxygen atoms in total. The van der Waals surface area contributed by atoms with Gasteiger partial charge >= 0.3 is 0 Å². The highest BCUT2D eigenvalue weighted by molar-refractivity contribution is 6.02. The number of anilines is 1. The van der Waals surface area contributed by atoms with Gasteiger partial charge in [-0.3, -0.25) is 9.78 Å². The zero-order valence-electron chi connectivity index (χ0n) is 14.0. The van der Waals surface area contributed by atoms with Gasteiger partial charge < -0.3 is 9.84 Å². The first-order valence-corrected chi connectivity index (χ1v) is 8.39. The summed E-state index contributed by atoms with van der Waals surface area (Å²) in [6, 6.07) is 7.11. The van der Waals surface area contributed by atoms with E-state index in [1.165, 1.54) is 12.8 Å². The molecule has 0 atom stereocenters. The average molecular weight is 337 g/mol. The molecule has 25 heavy (non-hydrogen) atoms. The van der Waals surface area contributed by atoms with Gasteiger partial charge in [0.25, 0.3) is 5.91 Å². The SMILES string of the molecule is CC1(c2cc(NC(=O)c3cc(-n4cccn4)ccn3)no2)CCCC1. The molecule has 1 aliphatic carbocycles. The molecular weight excluding hydrogens is 318 g/mol. The minimum Gasteiger partial charge on any atom is -0.359 e. The van der Waals surface area contributed by atoms with Crippen LogP contribution in [0, 0.1) is 0 Å². The van der Waals surface area contributed by atoms with E-state index in [1.54, 1.807) is 29.2 Å². The summed E-state index contributed by atoms with van der Waals surface area (Å²) in [7, 11) is 0. The van der Waals surface area contributed by atoms with Crippen LogP contribution in [-0.2, 0) is 5.41 Å². The molecule has 4 rings (SSSR count). The van der Waals surface area contributed by atoms with E-state index in [2.05, 4.69) is 27.5 Å². The first-order chi connectivity index (χ1) is 12.1. The Balaban J connectivity index is 1.51. The number of nitrogens with zero attached hydrogens (tertiary/aromatic N) is 4. The number of hydrogen-bond acceptors (Lipinski definition) is 5. The number of hydrogen-bond donors (Lipinski definition) is 1. The Bertz CT molecular complexity index is 879. The Morgan fingerprint density at radius 3 is 2.88 bits per heavy atom. The largest absolute Gasteiger partial charge is 0.359 e. The lowest BCUT2D eigenvalue weighted by atomic mass is 9.86. The van der Waals surface area contributed by atoms with E-state index < -0.39 is 0 Å². The lowest BCUT2D eigenvalue weighted by molar-refractivity contribution is 0.102. The molecule has 0 saturated heterocycles. The van der Waals surface area contributed by atoms with Gasteiger partial charge in [-0.2, -0.15) is 5.10 Å². The molecule has 1 fully saturated rings. The number of rotatable bonds is 4. The summed E-state index contributed by atoms with van der Waals surface area (Å²) in [5, 5.41) is 10.9. The Morgan fingerprint density at radius 2 is 2.12 bits per heavy atom. The van der Waals surface area contributed by atoms with Gasteiger partial charge in [0.15, 0.2) is 5.82 Å². The maximum absolute atomic E-state index is 12.5. The van der Waals surface area contributed by atoms with Gasteiger partial charge in [0, 0.05) is 30.1 Å². The number of pyridine rings is 1. The van der Waals surface area contributed by atoms with Crippen molar-refractivity contribution in [3.8, 4) is 5.69 Å². The Kier molecular flexibility index (Phi) is 3.83. The fraction of sp³-hybridized carbons (Fsp3) is 0.333. The minimum atomic E-state index is -0.328. The van der Waals surface area contributed by atoms with Crippen LogP contribution < -0.4 is 5.32 Å². The van der Waals surface area contributed by atoms with Crippen LogP contribution in [0.25, 0.3) is 5.69 Å². The molecule has 1 aliphatic rings. The third-order valence-electron chi connectivity index (χ3n) is 4.80. The molecule has 3 aromatic heterocycles. The molecule has 1 saturated carbocycles. The van der Waals surface area contributed by atoms with Crippen LogP contribution in [0.4, 0.5) is 5.82 Å². The normalized spacial score (nSPS) is 16.0. The molecule has 0 unspecified atom stereocenters. The van der Waals surface area contributed by atoms with Crippen molar-refractivity contribution in [1.82, 2.24) is 19.9 Å². The van der Waals surface area contributed by atoms with Crippen molar-refractivity contribution in [3.05, 3.63) is 54.3 Å². The topological polar surface area (TPSA) is 85.8 Å². The molecule has 1 amide bonds. The highest BCUT2D eigenvalue weighted by atomic mass is 16.5. The number of amides is 1. The van der Waals surface area contributed by atoms with Crippen molar-refractivity contribution in [2.24, 2.45) is 0 Å². The van der Waals surface area contributed by atoms with E-state index in [0.717, 1.165) is 24.3 Å². The second kappa shape index (κ2) is 6.16. The molecule has 7 heteroatoms. The van der Waals surface area contributed by atoms with Crippen LogP contribution in [0.1, 0.15) is 48.9 Å². The van der Waals surface area contributed by atoms with Gasteiger partial charge in [0.2, 0.25) is 0 Å². The average Bonchev–Trinajstić information content (AvgIpc) is 3.37. The lowest BCUT2D eigenvalue weighted by Crippen LogP contribution is -2.16. The number of carbonyl (C=O) groups excluding carboxylic acids is 1. The van der Waals surface area contributed by atoms with Gasteiger partial charge in [-0.25, -0.2) is 4.68 Å². The summed E-state index contributed by atoms with van der Waals surface area (Å²) >= 11 is 0. The van der Waals surface area contributed by atoms with Crippen LogP contribution >= 0.6 is 0 Å². The van der Waals surface area contributed by atoms with E-state index in [0.29, 0.717) is 11.5 Å². The Labute approximate surface area is 145 Å². The van der Waals surface area contributed by atoms with E-state index in [-0.39, 0.29) is 11.3 Å². The summed E-state index contributed by atoms with van der Waals surface area (Å²) in [5.74, 6) is 0.920. The van der Waals surface area contributed by atoms with Crippen molar-refractivity contribution >= 4 is 11.7 Å². The van der Waals surface area contributed by atoms with Gasteiger partial charge in [0.1, 0.15) is 11.5 Å². The fourth-order valence-corrected chi connectivity index (χ4v) is 3.31.